The highest BCUT2D eigenvalue weighted by Crippen LogP contribution is 2.11. The number of aromatic amines is 1. The van der Waals surface area contributed by atoms with Crippen molar-refractivity contribution < 1.29 is 22.8 Å². The quantitative estimate of drug-likeness (QED) is 0.734. The molecular weight excluding hydrogens is 274 g/mol. The Balaban J connectivity index is 2.11. The molecule has 0 aromatic carbocycles. The molecule has 9 heteroatoms. The lowest BCUT2D eigenvalue weighted by Gasteiger charge is -2.01. The summed E-state index contributed by atoms with van der Waals surface area (Å²) in [6.45, 7) is 1.66. The molecule has 0 atom stereocenters. The lowest BCUT2D eigenvalue weighted by Crippen LogP contribution is -2.23. The monoisotopic (exact) mass is 285 g/mol. The molecule has 0 radical (unpaired) electrons. The average molecular weight is 285 g/mol. The van der Waals surface area contributed by atoms with Crippen LogP contribution in [0.1, 0.15) is 21.9 Å². The first-order chi connectivity index (χ1) is 8.88. The minimum absolute atomic E-state index is 0.0345. The predicted octanol–water partition coefficient (Wildman–Crippen LogP) is 0.488. The van der Waals surface area contributed by atoms with E-state index in [1.807, 2.05) is 0 Å². The van der Waals surface area contributed by atoms with Gasteiger partial charge in [-0.15, -0.1) is 0 Å². The van der Waals surface area contributed by atoms with E-state index >= 15 is 0 Å². The second kappa shape index (κ2) is 4.86. The summed E-state index contributed by atoms with van der Waals surface area (Å²) in [6, 6.07) is 2.64. The van der Waals surface area contributed by atoms with E-state index in [4.69, 9.17) is 9.63 Å². The van der Waals surface area contributed by atoms with Gasteiger partial charge in [-0.1, -0.05) is 5.16 Å². The summed E-state index contributed by atoms with van der Waals surface area (Å²) < 4.78 is 30.8. The van der Waals surface area contributed by atoms with Crippen LogP contribution in [0, 0.1) is 6.92 Å². The Morgan fingerprint density at radius 1 is 1.53 bits per heavy atom. The zero-order valence-corrected chi connectivity index (χ0v) is 10.7. The maximum absolute atomic E-state index is 11.9. The third-order valence-corrected chi connectivity index (χ3v) is 3.70. The Kier molecular flexibility index (Phi) is 3.40. The fraction of sp³-hybridized carbons (Fsp3) is 0.200. The molecule has 0 saturated carbocycles. The van der Waals surface area contributed by atoms with E-state index in [0.29, 0.717) is 11.5 Å². The van der Waals surface area contributed by atoms with Crippen LogP contribution < -0.4 is 4.72 Å². The van der Waals surface area contributed by atoms with Crippen molar-refractivity contribution in [1.29, 1.82) is 0 Å². The van der Waals surface area contributed by atoms with Crippen molar-refractivity contribution in [2.45, 2.75) is 18.4 Å². The van der Waals surface area contributed by atoms with Gasteiger partial charge in [0.05, 0.1) is 12.2 Å². The molecule has 0 spiro atoms. The lowest BCUT2D eigenvalue weighted by atomic mass is 10.4. The predicted molar refractivity (Wildman–Crippen MR) is 63.0 cm³/mol. The molecule has 0 amide bonds. The van der Waals surface area contributed by atoms with Gasteiger partial charge < -0.3 is 14.6 Å². The van der Waals surface area contributed by atoms with Gasteiger partial charge in [0.25, 0.3) is 0 Å². The minimum atomic E-state index is -3.79. The molecule has 0 saturated heterocycles. The number of rotatable bonds is 5. The maximum atomic E-state index is 11.9. The number of carboxylic acids is 1. The number of hydrogen-bond donors (Lipinski definition) is 3. The van der Waals surface area contributed by atoms with Crippen molar-refractivity contribution in [3.63, 3.8) is 0 Å². The van der Waals surface area contributed by atoms with Crippen LogP contribution in [0.5, 0.6) is 0 Å². The van der Waals surface area contributed by atoms with Gasteiger partial charge in [0, 0.05) is 12.3 Å². The normalized spacial score (nSPS) is 11.6. The molecule has 2 aromatic rings. The molecule has 8 nitrogen and oxygen atoms in total. The number of nitrogens with zero attached hydrogens (tertiary/aromatic N) is 1. The van der Waals surface area contributed by atoms with Gasteiger partial charge in [-0.2, -0.15) is 0 Å². The Hall–Kier alpha value is -2.13. The van der Waals surface area contributed by atoms with Gasteiger partial charge in [-0.05, 0) is 13.0 Å². The second-order valence-corrected chi connectivity index (χ2v) is 5.57. The number of aryl methyl sites for hydroxylation is 1. The Morgan fingerprint density at radius 2 is 2.26 bits per heavy atom. The molecule has 0 unspecified atom stereocenters. The number of carbonyl (C=O) groups is 1. The first-order valence-corrected chi connectivity index (χ1v) is 6.70. The number of sulfonamides is 1. The highest BCUT2D eigenvalue weighted by molar-refractivity contribution is 7.89. The first-order valence-electron chi connectivity index (χ1n) is 5.22. The smallest absolute Gasteiger partial charge is 0.352 e. The summed E-state index contributed by atoms with van der Waals surface area (Å²) in [6.07, 6.45) is 1.11. The molecule has 19 heavy (non-hydrogen) atoms. The molecule has 102 valence electrons. The zero-order valence-electron chi connectivity index (χ0n) is 9.87. The number of aromatic nitrogens is 2. The number of H-pyrrole nitrogens is 1. The van der Waals surface area contributed by atoms with E-state index in [9.17, 15) is 13.2 Å². The summed E-state index contributed by atoms with van der Waals surface area (Å²) >= 11 is 0. The summed E-state index contributed by atoms with van der Waals surface area (Å²) in [5, 5.41) is 12.3. The molecule has 2 aromatic heterocycles. The summed E-state index contributed by atoms with van der Waals surface area (Å²) in [7, 11) is -3.79. The molecule has 0 aliphatic carbocycles. The fourth-order valence-electron chi connectivity index (χ4n) is 1.41. The maximum Gasteiger partial charge on any atom is 0.352 e. The van der Waals surface area contributed by atoms with Crippen LogP contribution in [0.25, 0.3) is 0 Å². The van der Waals surface area contributed by atoms with Gasteiger partial charge in [0.1, 0.15) is 16.3 Å². The minimum Gasteiger partial charge on any atom is -0.477 e. The molecule has 2 heterocycles. The van der Waals surface area contributed by atoms with Crippen LogP contribution in [0.4, 0.5) is 0 Å². The summed E-state index contributed by atoms with van der Waals surface area (Å²) in [4.78, 5) is 12.9. The van der Waals surface area contributed by atoms with Crippen LogP contribution in [0.15, 0.2) is 27.7 Å². The topological polar surface area (TPSA) is 125 Å². The zero-order chi connectivity index (χ0) is 14.0. The van der Waals surface area contributed by atoms with Crippen LogP contribution in [0.3, 0.4) is 0 Å². The fourth-order valence-corrected chi connectivity index (χ4v) is 2.40. The molecule has 3 N–H and O–H groups in total. The third-order valence-electron chi connectivity index (χ3n) is 2.32. The third kappa shape index (κ3) is 3.01. The van der Waals surface area contributed by atoms with Crippen molar-refractivity contribution in [1.82, 2.24) is 14.9 Å². The first kappa shape index (κ1) is 13.3. The Labute approximate surface area is 108 Å². The van der Waals surface area contributed by atoms with E-state index in [-0.39, 0.29) is 17.1 Å². The Morgan fingerprint density at radius 3 is 2.79 bits per heavy atom. The molecule has 2 rings (SSSR count). The van der Waals surface area contributed by atoms with E-state index < -0.39 is 16.0 Å². The van der Waals surface area contributed by atoms with Crippen LogP contribution >= 0.6 is 0 Å². The van der Waals surface area contributed by atoms with Crippen molar-refractivity contribution in [2.24, 2.45) is 0 Å². The van der Waals surface area contributed by atoms with E-state index in [0.717, 1.165) is 12.3 Å². The van der Waals surface area contributed by atoms with Crippen molar-refractivity contribution in [3.05, 3.63) is 35.5 Å². The van der Waals surface area contributed by atoms with Crippen molar-refractivity contribution >= 4 is 16.0 Å². The summed E-state index contributed by atoms with van der Waals surface area (Å²) in [5.41, 5.74) is 0.243. The Bertz CT molecular complexity index is 700. The van der Waals surface area contributed by atoms with E-state index in [1.165, 1.54) is 0 Å². The van der Waals surface area contributed by atoms with Crippen LogP contribution in [0.2, 0.25) is 0 Å². The molecular formula is C10H11N3O5S. The number of hydrogen-bond acceptors (Lipinski definition) is 5. The van der Waals surface area contributed by atoms with Crippen LogP contribution in [-0.4, -0.2) is 29.6 Å². The van der Waals surface area contributed by atoms with Crippen molar-refractivity contribution in [2.75, 3.05) is 0 Å². The van der Waals surface area contributed by atoms with Crippen molar-refractivity contribution in [3.8, 4) is 0 Å². The second-order valence-electron chi connectivity index (χ2n) is 3.81. The largest absolute Gasteiger partial charge is 0.477 e. The van der Waals surface area contributed by atoms with E-state index in [1.54, 1.807) is 13.0 Å². The standard InChI is InChI=1S/C10H11N3O5S/c1-6-2-7(13-18-6)4-12-19(16,17)8-3-9(10(14)15)11-5-8/h2-3,5,11-12H,4H2,1H3,(H,14,15). The summed E-state index contributed by atoms with van der Waals surface area (Å²) in [5.74, 6) is -0.655. The molecule has 0 aliphatic heterocycles. The number of carboxylic acid groups (broad SMARTS) is 1. The average Bonchev–Trinajstić information content (AvgIpc) is 2.95. The highest BCUT2D eigenvalue weighted by Gasteiger charge is 2.18. The SMILES string of the molecule is Cc1cc(CNS(=O)(=O)c2c[nH]c(C(=O)O)c2)no1. The number of nitrogens with one attached hydrogen (secondary N) is 2. The molecule has 0 fully saturated rings. The number of aromatic carboxylic acids is 1. The molecule has 0 aliphatic rings. The van der Waals surface area contributed by atoms with Gasteiger partial charge in [0.15, 0.2) is 0 Å². The van der Waals surface area contributed by atoms with Gasteiger partial charge in [0.2, 0.25) is 10.0 Å². The highest BCUT2D eigenvalue weighted by atomic mass is 32.2. The van der Waals surface area contributed by atoms with Gasteiger partial charge >= 0.3 is 5.97 Å². The van der Waals surface area contributed by atoms with Gasteiger partial charge in [-0.3, -0.25) is 0 Å². The lowest BCUT2D eigenvalue weighted by molar-refractivity contribution is 0.0691. The molecule has 0 bridgehead atoms. The van der Waals surface area contributed by atoms with Gasteiger partial charge in [-0.25, -0.2) is 17.9 Å². The van der Waals surface area contributed by atoms with E-state index in [2.05, 4.69) is 14.9 Å². The van der Waals surface area contributed by atoms with Crippen LogP contribution in [-0.2, 0) is 16.6 Å².